The normalized spacial score (nSPS) is 25.9. The number of aromatic nitrogens is 2. The van der Waals surface area contributed by atoms with Crippen molar-refractivity contribution >= 4 is 5.78 Å². The minimum atomic E-state index is 0. The summed E-state index contributed by atoms with van der Waals surface area (Å²) in [7, 11) is 0.750. The van der Waals surface area contributed by atoms with Crippen LogP contribution in [-0.4, -0.2) is 23.1 Å². The Balaban J connectivity index is 0.000000459. The van der Waals surface area contributed by atoms with E-state index < -0.39 is 0 Å². The molecular formula is C12H17N2NaO2. The molecule has 1 aromatic heterocycles. The first kappa shape index (κ1) is 14.9. The molecule has 1 N–H and O–H groups in total. The van der Waals surface area contributed by atoms with Crippen molar-refractivity contribution in [2.24, 2.45) is 5.92 Å². The number of carbonyl (C=O) groups is 1. The summed E-state index contributed by atoms with van der Waals surface area (Å²) in [4.78, 5) is 11.3. The second-order valence-electron chi connectivity index (χ2n) is 4.48. The Labute approximate surface area is 123 Å². The minimum absolute atomic E-state index is 0. The third kappa shape index (κ3) is 2.99. The number of hydrogen-bond acceptors (Lipinski definition) is 3. The van der Waals surface area contributed by atoms with E-state index in [0.717, 1.165) is 32.8 Å². The van der Waals surface area contributed by atoms with Gasteiger partial charge >= 0.3 is 29.6 Å². The zero-order valence-corrected chi connectivity index (χ0v) is 12.5. The zero-order chi connectivity index (χ0) is 11.5. The summed E-state index contributed by atoms with van der Waals surface area (Å²) in [5, 5.41) is 15.5. The van der Waals surface area contributed by atoms with Gasteiger partial charge < -0.3 is 5.11 Å². The summed E-state index contributed by atoms with van der Waals surface area (Å²) in [6, 6.07) is 0. The van der Waals surface area contributed by atoms with Crippen molar-refractivity contribution in [2.45, 2.75) is 38.0 Å². The molecule has 4 nitrogen and oxygen atoms in total. The molecule has 0 spiro atoms. The van der Waals surface area contributed by atoms with Crippen molar-refractivity contribution in [1.82, 2.24) is 10.2 Å². The molecule has 3 rings (SSSR count). The number of rotatable bonds is 0. The van der Waals surface area contributed by atoms with E-state index in [1.807, 2.05) is 6.20 Å². The van der Waals surface area contributed by atoms with Gasteiger partial charge in [-0.1, -0.05) is 0 Å². The van der Waals surface area contributed by atoms with Crippen LogP contribution in [0.1, 0.15) is 42.9 Å². The van der Waals surface area contributed by atoms with Gasteiger partial charge in [-0.3, -0.25) is 9.89 Å². The Kier molecular flexibility index (Phi) is 5.86. The third-order valence-corrected chi connectivity index (χ3v) is 3.68. The number of aryl methyl sites for hydroxylation is 1. The molecule has 0 radical (unpaired) electrons. The molecular weight excluding hydrogens is 227 g/mol. The topological polar surface area (TPSA) is 68.8 Å². The fourth-order valence-electron chi connectivity index (χ4n) is 2.94. The molecule has 88 valence electrons. The summed E-state index contributed by atoms with van der Waals surface area (Å²) >= 11 is 0. The van der Waals surface area contributed by atoms with Crippen molar-refractivity contribution in [3.63, 3.8) is 0 Å². The van der Waals surface area contributed by atoms with Crippen LogP contribution in [0.4, 0.5) is 0 Å². The molecule has 1 aromatic rings. The molecule has 1 saturated carbocycles. The number of ketones is 1. The van der Waals surface area contributed by atoms with Crippen molar-refractivity contribution in [1.29, 1.82) is 0 Å². The average molecular weight is 244 g/mol. The van der Waals surface area contributed by atoms with E-state index in [-0.39, 0.29) is 29.6 Å². The van der Waals surface area contributed by atoms with Gasteiger partial charge in [0.05, 0.1) is 5.69 Å². The van der Waals surface area contributed by atoms with E-state index in [0.29, 0.717) is 17.6 Å². The number of fused-ring (bicyclic) bond motifs is 3. The van der Waals surface area contributed by atoms with Crippen molar-refractivity contribution in [2.75, 3.05) is 7.11 Å². The Morgan fingerprint density at radius 3 is 2.88 bits per heavy atom. The van der Waals surface area contributed by atoms with Crippen LogP contribution >= 0.6 is 0 Å². The van der Waals surface area contributed by atoms with Gasteiger partial charge in [0, 0.05) is 25.0 Å². The summed E-state index contributed by atoms with van der Waals surface area (Å²) in [6.07, 6.45) is 6.84. The van der Waals surface area contributed by atoms with Gasteiger partial charge in [0.2, 0.25) is 0 Å². The Morgan fingerprint density at radius 1 is 1.35 bits per heavy atom. The fourth-order valence-corrected chi connectivity index (χ4v) is 2.94. The maximum absolute atomic E-state index is 11.3. The first-order valence-corrected chi connectivity index (χ1v) is 5.79. The fraction of sp³-hybridized carbons (Fsp3) is 0.667. The first-order valence-electron chi connectivity index (χ1n) is 5.79. The molecule has 2 unspecified atom stereocenters. The zero-order valence-electron chi connectivity index (χ0n) is 10.5. The van der Waals surface area contributed by atoms with E-state index in [9.17, 15) is 4.79 Å². The molecule has 0 bridgehead atoms. The largest absolute Gasteiger partial charge is 1.00 e. The second-order valence-corrected chi connectivity index (χ2v) is 4.48. The van der Waals surface area contributed by atoms with Gasteiger partial charge in [0.25, 0.3) is 0 Å². The van der Waals surface area contributed by atoms with Crippen LogP contribution in [0.2, 0.25) is 0 Å². The molecule has 17 heavy (non-hydrogen) atoms. The van der Waals surface area contributed by atoms with Crippen LogP contribution in [0.3, 0.4) is 0 Å². The third-order valence-electron chi connectivity index (χ3n) is 3.68. The Hall–Kier alpha value is -0.160. The minimum Gasteiger partial charge on any atom is -0.857 e. The number of nitrogens with zero attached hydrogens (tertiary/aromatic N) is 1. The van der Waals surface area contributed by atoms with Crippen LogP contribution in [0.15, 0.2) is 6.20 Å². The number of H-pyrrole nitrogens is 1. The smallest absolute Gasteiger partial charge is 0.857 e. The number of hydrogen-bond donors (Lipinski definition) is 1. The number of Topliss-reactive ketones (excluding diaryl/α,β-unsaturated/α-hetero) is 1. The quantitative estimate of drug-likeness (QED) is 0.526. The molecule has 2 aliphatic rings. The van der Waals surface area contributed by atoms with Gasteiger partial charge in [-0.25, -0.2) is 0 Å². The van der Waals surface area contributed by atoms with Gasteiger partial charge in [-0.15, -0.1) is 0 Å². The van der Waals surface area contributed by atoms with Crippen LogP contribution < -0.4 is 34.7 Å². The number of aromatic amines is 1. The Bertz CT molecular complexity index is 378. The maximum Gasteiger partial charge on any atom is 1.00 e. The predicted molar refractivity (Wildman–Crippen MR) is 57.9 cm³/mol. The van der Waals surface area contributed by atoms with E-state index >= 15 is 0 Å². The monoisotopic (exact) mass is 244 g/mol. The molecule has 2 aliphatic carbocycles. The van der Waals surface area contributed by atoms with E-state index in [1.165, 1.54) is 17.7 Å². The predicted octanol–water partition coefficient (Wildman–Crippen LogP) is -2.21. The second kappa shape index (κ2) is 6.69. The van der Waals surface area contributed by atoms with E-state index in [4.69, 9.17) is 5.11 Å². The van der Waals surface area contributed by atoms with E-state index in [1.54, 1.807) is 0 Å². The Morgan fingerprint density at radius 2 is 2.12 bits per heavy atom. The van der Waals surface area contributed by atoms with Gasteiger partial charge in [-0.05, 0) is 30.7 Å². The summed E-state index contributed by atoms with van der Waals surface area (Å²) < 4.78 is 0. The molecule has 2 atom stereocenters. The van der Waals surface area contributed by atoms with E-state index in [2.05, 4.69) is 10.2 Å². The number of carbonyl (C=O) groups excluding carboxylic acids is 1. The van der Waals surface area contributed by atoms with Gasteiger partial charge in [0.15, 0.2) is 0 Å². The first-order chi connectivity index (χ1) is 7.84. The summed E-state index contributed by atoms with van der Waals surface area (Å²) in [5.74, 6) is 1.58. The van der Waals surface area contributed by atoms with Crippen LogP contribution in [0.5, 0.6) is 0 Å². The summed E-state index contributed by atoms with van der Waals surface area (Å²) in [6.45, 7) is 0. The van der Waals surface area contributed by atoms with Gasteiger partial charge in [-0.2, -0.15) is 12.2 Å². The molecule has 0 amide bonds. The van der Waals surface area contributed by atoms with Crippen molar-refractivity contribution in [3.8, 4) is 0 Å². The van der Waals surface area contributed by atoms with Crippen LogP contribution in [-0.2, 0) is 11.2 Å². The molecule has 0 saturated heterocycles. The van der Waals surface area contributed by atoms with Crippen LogP contribution in [0.25, 0.3) is 0 Å². The average Bonchev–Trinajstić information content (AvgIpc) is 2.79. The van der Waals surface area contributed by atoms with Crippen molar-refractivity contribution in [3.05, 3.63) is 17.5 Å². The summed E-state index contributed by atoms with van der Waals surface area (Å²) in [5.41, 5.74) is 2.62. The molecule has 0 aromatic carbocycles. The van der Waals surface area contributed by atoms with Crippen LogP contribution in [0, 0.1) is 5.92 Å². The molecule has 1 fully saturated rings. The standard InChI is InChI=1S/C11H14N2O.CH3O.Na/c14-9-3-4-10-7(5-9)1-2-8-6-12-13-11(8)10;1-2;/h6-7,10H,1-5H2,(H,12,13);1H3;/q;-1;+1. The SMILES string of the molecule is C[O-].O=C1CCC2c3n[nH]cc3CCC2C1.[Na+]. The number of nitrogens with one attached hydrogen (secondary N) is 1. The molecule has 5 heteroatoms. The van der Waals surface area contributed by atoms with Gasteiger partial charge in [0.1, 0.15) is 5.78 Å². The molecule has 1 heterocycles. The molecule has 0 aliphatic heterocycles. The van der Waals surface area contributed by atoms with Crippen molar-refractivity contribution < 1.29 is 39.5 Å². The maximum atomic E-state index is 11.3.